The molecule has 1 aliphatic heterocycles. The summed E-state index contributed by atoms with van der Waals surface area (Å²) in [5.74, 6) is 1.45. The number of ether oxygens (including phenoxy) is 1. The number of rotatable bonds is 2. The molecule has 1 aromatic heterocycles. The maximum atomic E-state index is 12.1. The van der Waals surface area contributed by atoms with Crippen LogP contribution in [0.15, 0.2) is 15.4 Å². The third-order valence-corrected chi connectivity index (χ3v) is 5.19. The van der Waals surface area contributed by atoms with Gasteiger partial charge in [0.2, 0.25) is 0 Å². The second-order valence-corrected chi connectivity index (χ2v) is 6.47. The zero-order chi connectivity index (χ0) is 15.5. The van der Waals surface area contributed by atoms with E-state index in [1.165, 1.54) is 45.3 Å². The number of aromatic amines is 1. The highest BCUT2D eigenvalue weighted by atomic mass is 16.5. The van der Waals surface area contributed by atoms with E-state index in [2.05, 4.69) is 5.16 Å². The van der Waals surface area contributed by atoms with Crippen LogP contribution in [-0.2, 0) is 4.74 Å². The van der Waals surface area contributed by atoms with Crippen molar-refractivity contribution in [3.63, 3.8) is 0 Å². The fraction of sp³-hybridized carbons (Fsp3) is 0.750. The molecular weight excluding hydrogens is 284 g/mol. The standard InChI is InChI=1S/C16H24N2O4/c1-21-16(20)18-8-7-12(14-10-15(19)17-22-14)9-13(18)11-5-3-2-4-6-11/h10-13H,2-9H2,1H3,(H,17,19). The van der Waals surface area contributed by atoms with Crippen LogP contribution >= 0.6 is 0 Å². The minimum absolute atomic E-state index is 0.187. The van der Waals surface area contributed by atoms with Crippen LogP contribution in [0.4, 0.5) is 4.79 Å². The molecule has 2 atom stereocenters. The van der Waals surface area contributed by atoms with E-state index in [1.54, 1.807) is 0 Å². The van der Waals surface area contributed by atoms with Crippen LogP contribution in [0, 0.1) is 5.92 Å². The lowest BCUT2D eigenvalue weighted by molar-refractivity contribution is 0.0512. The molecule has 6 nitrogen and oxygen atoms in total. The molecule has 1 saturated heterocycles. The number of hydrogen-bond acceptors (Lipinski definition) is 4. The zero-order valence-corrected chi connectivity index (χ0v) is 13.0. The number of nitrogens with zero attached hydrogens (tertiary/aromatic N) is 1. The molecule has 0 bridgehead atoms. The number of amides is 1. The van der Waals surface area contributed by atoms with Crippen LogP contribution in [0.2, 0.25) is 0 Å². The fourth-order valence-electron chi connectivity index (χ4n) is 4.06. The number of hydrogen-bond donors (Lipinski definition) is 1. The van der Waals surface area contributed by atoms with Gasteiger partial charge in [0, 0.05) is 24.6 Å². The summed E-state index contributed by atoms with van der Waals surface area (Å²) in [7, 11) is 1.44. The minimum Gasteiger partial charge on any atom is -0.453 e. The fourth-order valence-corrected chi connectivity index (χ4v) is 4.06. The van der Waals surface area contributed by atoms with Gasteiger partial charge in [0.1, 0.15) is 5.76 Å². The average Bonchev–Trinajstić information content (AvgIpc) is 3.01. The summed E-state index contributed by atoms with van der Waals surface area (Å²) in [6.45, 7) is 0.660. The summed E-state index contributed by atoms with van der Waals surface area (Å²) < 4.78 is 10.3. The van der Waals surface area contributed by atoms with Crippen molar-refractivity contribution in [1.29, 1.82) is 0 Å². The van der Waals surface area contributed by atoms with Gasteiger partial charge in [-0.25, -0.2) is 4.79 Å². The normalized spacial score (nSPS) is 26.9. The van der Waals surface area contributed by atoms with Crippen LogP contribution in [0.25, 0.3) is 0 Å². The van der Waals surface area contributed by atoms with Gasteiger partial charge >= 0.3 is 6.09 Å². The van der Waals surface area contributed by atoms with Crippen molar-refractivity contribution >= 4 is 6.09 Å². The van der Waals surface area contributed by atoms with E-state index >= 15 is 0 Å². The van der Waals surface area contributed by atoms with Gasteiger partial charge in [-0.15, -0.1) is 0 Å². The van der Waals surface area contributed by atoms with Crippen molar-refractivity contribution in [3.8, 4) is 0 Å². The van der Waals surface area contributed by atoms with Crippen molar-refractivity contribution in [3.05, 3.63) is 22.2 Å². The second-order valence-electron chi connectivity index (χ2n) is 6.47. The van der Waals surface area contributed by atoms with E-state index in [1.807, 2.05) is 4.90 Å². The highest BCUT2D eigenvalue weighted by Crippen LogP contribution is 2.39. The molecule has 2 unspecified atom stereocenters. The number of piperidine rings is 1. The number of aromatic nitrogens is 1. The predicted octanol–water partition coefficient (Wildman–Crippen LogP) is 2.86. The molecule has 1 aromatic rings. The first kappa shape index (κ1) is 15.2. The van der Waals surface area contributed by atoms with E-state index in [0.29, 0.717) is 12.5 Å². The van der Waals surface area contributed by atoms with Gasteiger partial charge in [-0.3, -0.25) is 4.79 Å². The van der Waals surface area contributed by atoms with Crippen LogP contribution in [-0.4, -0.2) is 35.8 Å². The third kappa shape index (κ3) is 3.05. The largest absolute Gasteiger partial charge is 0.453 e. The van der Waals surface area contributed by atoms with Crippen molar-refractivity contribution in [2.24, 2.45) is 5.92 Å². The van der Waals surface area contributed by atoms with Gasteiger partial charge in [0.05, 0.1) is 7.11 Å². The number of carbonyl (C=O) groups excluding carboxylic acids is 1. The highest BCUT2D eigenvalue weighted by Gasteiger charge is 2.38. The van der Waals surface area contributed by atoms with Gasteiger partial charge in [0.15, 0.2) is 0 Å². The van der Waals surface area contributed by atoms with Crippen molar-refractivity contribution in [2.75, 3.05) is 13.7 Å². The number of likely N-dealkylation sites (tertiary alicyclic amines) is 1. The first-order chi connectivity index (χ1) is 10.7. The van der Waals surface area contributed by atoms with E-state index in [4.69, 9.17) is 9.26 Å². The number of carbonyl (C=O) groups is 1. The van der Waals surface area contributed by atoms with E-state index < -0.39 is 0 Å². The molecule has 2 aliphatic rings. The molecule has 122 valence electrons. The molecule has 22 heavy (non-hydrogen) atoms. The second kappa shape index (κ2) is 6.58. The van der Waals surface area contributed by atoms with E-state index in [9.17, 15) is 9.59 Å². The van der Waals surface area contributed by atoms with Gasteiger partial charge in [-0.1, -0.05) is 19.3 Å². The molecule has 0 spiro atoms. The lowest BCUT2D eigenvalue weighted by Gasteiger charge is -2.43. The van der Waals surface area contributed by atoms with Crippen LogP contribution in [0.1, 0.15) is 56.6 Å². The molecule has 0 aromatic carbocycles. The molecule has 2 fully saturated rings. The molecule has 0 radical (unpaired) electrons. The summed E-state index contributed by atoms with van der Waals surface area (Å²) in [5.41, 5.74) is -0.195. The van der Waals surface area contributed by atoms with Gasteiger partial charge in [-0.2, -0.15) is 5.16 Å². The first-order valence-electron chi connectivity index (χ1n) is 8.22. The Morgan fingerprint density at radius 3 is 2.73 bits per heavy atom. The molecule has 1 aliphatic carbocycles. The zero-order valence-electron chi connectivity index (χ0n) is 13.0. The Bertz CT molecular complexity index is 558. The average molecular weight is 308 g/mol. The van der Waals surface area contributed by atoms with E-state index in [0.717, 1.165) is 18.6 Å². The molecule has 1 saturated carbocycles. The van der Waals surface area contributed by atoms with Crippen molar-refractivity contribution in [2.45, 2.75) is 56.9 Å². The lowest BCUT2D eigenvalue weighted by atomic mass is 9.76. The van der Waals surface area contributed by atoms with Crippen molar-refractivity contribution in [1.82, 2.24) is 10.1 Å². The Hall–Kier alpha value is -1.72. The molecule has 3 rings (SSSR count). The number of methoxy groups -OCH3 is 1. The molecular formula is C16H24N2O4. The Labute approximate surface area is 129 Å². The van der Waals surface area contributed by atoms with Crippen LogP contribution in [0.3, 0.4) is 0 Å². The van der Waals surface area contributed by atoms with Gasteiger partial charge in [0.25, 0.3) is 5.56 Å². The summed E-state index contributed by atoms with van der Waals surface area (Å²) in [6.07, 6.45) is 7.52. The smallest absolute Gasteiger partial charge is 0.409 e. The monoisotopic (exact) mass is 308 g/mol. The molecule has 6 heteroatoms. The summed E-state index contributed by atoms with van der Waals surface area (Å²) in [5, 5.41) is 2.37. The minimum atomic E-state index is -0.232. The van der Waals surface area contributed by atoms with Gasteiger partial charge in [-0.05, 0) is 31.6 Å². The summed E-state index contributed by atoms with van der Waals surface area (Å²) >= 11 is 0. The van der Waals surface area contributed by atoms with E-state index in [-0.39, 0.29) is 23.6 Å². The van der Waals surface area contributed by atoms with Crippen LogP contribution < -0.4 is 5.56 Å². The van der Waals surface area contributed by atoms with Gasteiger partial charge < -0.3 is 14.2 Å². The Balaban J connectivity index is 1.78. The lowest BCUT2D eigenvalue weighted by Crippen LogP contribution is -2.49. The Morgan fingerprint density at radius 2 is 2.09 bits per heavy atom. The van der Waals surface area contributed by atoms with Crippen molar-refractivity contribution < 1.29 is 14.1 Å². The molecule has 1 amide bonds. The molecule has 2 heterocycles. The summed E-state index contributed by atoms with van der Waals surface area (Å²) in [6, 6.07) is 1.72. The third-order valence-electron chi connectivity index (χ3n) is 5.19. The number of nitrogens with one attached hydrogen (secondary N) is 1. The maximum Gasteiger partial charge on any atom is 0.409 e. The van der Waals surface area contributed by atoms with Crippen LogP contribution in [0.5, 0.6) is 0 Å². The number of H-pyrrole nitrogens is 1. The Morgan fingerprint density at radius 1 is 1.32 bits per heavy atom. The topological polar surface area (TPSA) is 75.5 Å². The quantitative estimate of drug-likeness (QED) is 0.911. The predicted molar refractivity (Wildman–Crippen MR) is 80.8 cm³/mol. The molecule has 1 N–H and O–H groups in total. The Kier molecular flexibility index (Phi) is 4.55. The maximum absolute atomic E-state index is 12.1. The first-order valence-corrected chi connectivity index (χ1v) is 8.22. The summed E-state index contributed by atoms with van der Waals surface area (Å²) in [4.78, 5) is 25.3. The highest BCUT2D eigenvalue weighted by molar-refractivity contribution is 5.68. The SMILES string of the molecule is COC(=O)N1CCC(c2cc(=O)[nH]o2)CC1C1CCCCC1.